The molecule has 104 valence electrons. The number of hydrogen-bond acceptors (Lipinski definition) is 4. The van der Waals surface area contributed by atoms with Crippen LogP contribution in [-0.2, 0) is 4.74 Å². The van der Waals surface area contributed by atoms with Crippen molar-refractivity contribution in [2.45, 2.75) is 19.8 Å². The zero-order chi connectivity index (χ0) is 14.7. The van der Waals surface area contributed by atoms with Crippen LogP contribution >= 0.6 is 0 Å². The van der Waals surface area contributed by atoms with Crippen LogP contribution in [0.5, 0.6) is 0 Å². The second-order valence-corrected chi connectivity index (χ2v) is 4.76. The van der Waals surface area contributed by atoms with E-state index in [1.807, 2.05) is 12.1 Å². The van der Waals surface area contributed by atoms with Gasteiger partial charge >= 0.3 is 5.97 Å². The van der Waals surface area contributed by atoms with Crippen molar-refractivity contribution in [2.75, 3.05) is 7.11 Å². The topological polar surface area (TPSA) is 56.5 Å². The van der Waals surface area contributed by atoms with Gasteiger partial charge in [-0.25, -0.2) is 4.79 Å². The van der Waals surface area contributed by atoms with Gasteiger partial charge in [-0.15, -0.1) is 0 Å². The van der Waals surface area contributed by atoms with Crippen LogP contribution in [0.4, 0.5) is 0 Å². The number of furan rings is 1. The molecule has 4 nitrogen and oxygen atoms in total. The van der Waals surface area contributed by atoms with Gasteiger partial charge in [0.25, 0.3) is 0 Å². The molecule has 0 aliphatic rings. The van der Waals surface area contributed by atoms with Gasteiger partial charge in [0.2, 0.25) is 11.5 Å². The number of methoxy groups -OCH3 is 1. The lowest BCUT2D eigenvalue weighted by Crippen LogP contribution is -2.01. The van der Waals surface area contributed by atoms with Crippen LogP contribution in [0.15, 0.2) is 40.8 Å². The minimum Gasteiger partial charge on any atom is -0.463 e. The Kier molecular flexibility index (Phi) is 4.03. The Hall–Kier alpha value is -2.36. The van der Waals surface area contributed by atoms with Gasteiger partial charge in [-0.3, -0.25) is 4.79 Å². The SMILES string of the molecule is COC(=O)c1ccc(C(=O)c2ccc(C(C)C)cc2)o1. The summed E-state index contributed by atoms with van der Waals surface area (Å²) in [4.78, 5) is 23.5. The monoisotopic (exact) mass is 272 g/mol. The van der Waals surface area contributed by atoms with Gasteiger partial charge in [0, 0.05) is 5.56 Å². The van der Waals surface area contributed by atoms with Crippen molar-refractivity contribution >= 4 is 11.8 Å². The van der Waals surface area contributed by atoms with Crippen LogP contribution in [0, 0.1) is 0 Å². The molecule has 20 heavy (non-hydrogen) atoms. The number of esters is 1. The number of carbonyl (C=O) groups is 2. The van der Waals surface area contributed by atoms with Crippen molar-refractivity contribution < 1.29 is 18.7 Å². The van der Waals surface area contributed by atoms with Crippen molar-refractivity contribution in [1.29, 1.82) is 0 Å². The Bertz CT molecular complexity index is 620. The lowest BCUT2D eigenvalue weighted by atomic mass is 10.00. The Morgan fingerprint density at radius 3 is 2.15 bits per heavy atom. The summed E-state index contributed by atoms with van der Waals surface area (Å²) in [6.07, 6.45) is 0. The second kappa shape index (κ2) is 5.74. The minimum atomic E-state index is -0.598. The van der Waals surface area contributed by atoms with E-state index in [9.17, 15) is 9.59 Å². The number of ether oxygens (including phenoxy) is 1. The fourth-order valence-corrected chi connectivity index (χ4v) is 1.83. The van der Waals surface area contributed by atoms with Gasteiger partial charge in [-0.1, -0.05) is 38.1 Å². The first-order chi connectivity index (χ1) is 9.52. The molecule has 4 heteroatoms. The maximum absolute atomic E-state index is 12.2. The highest BCUT2D eigenvalue weighted by Crippen LogP contribution is 2.18. The molecule has 1 aromatic carbocycles. The number of ketones is 1. The summed E-state index contributed by atoms with van der Waals surface area (Å²) in [6.45, 7) is 4.18. The average Bonchev–Trinajstić information content (AvgIpc) is 2.95. The van der Waals surface area contributed by atoms with Crippen LogP contribution in [0.2, 0.25) is 0 Å². The molecule has 2 rings (SSSR count). The summed E-state index contributed by atoms with van der Waals surface area (Å²) >= 11 is 0. The Labute approximate surface area is 117 Å². The van der Waals surface area contributed by atoms with E-state index in [1.165, 1.54) is 19.2 Å². The van der Waals surface area contributed by atoms with Gasteiger partial charge in [0.05, 0.1) is 7.11 Å². The summed E-state index contributed by atoms with van der Waals surface area (Å²) in [6, 6.07) is 10.3. The molecule has 0 spiro atoms. The summed E-state index contributed by atoms with van der Waals surface area (Å²) in [5.41, 5.74) is 1.69. The molecule has 0 N–H and O–H groups in total. The molecule has 1 heterocycles. The van der Waals surface area contributed by atoms with Crippen LogP contribution in [-0.4, -0.2) is 18.9 Å². The maximum atomic E-state index is 12.2. The Balaban J connectivity index is 2.22. The van der Waals surface area contributed by atoms with Crippen molar-refractivity contribution in [3.8, 4) is 0 Å². The molecule has 0 saturated carbocycles. The Morgan fingerprint density at radius 2 is 1.60 bits per heavy atom. The minimum absolute atomic E-state index is 0.0228. The summed E-state index contributed by atoms with van der Waals surface area (Å²) < 4.78 is 9.74. The first kappa shape index (κ1) is 14.1. The van der Waals surface area contributed by atoms with Crippen LogP contribution < -0.4 is 0 Å². The summed E-state index contributed by atoms with van der Waals surface area (Å²) in [5, 5.41) is 0. The van der Waals surface area contributed by atoms with E-state index in [0.29, 0.717) is 11.5 Å². The quantitative estimate of drug-likeness (QED) is 0.632. The third-order valence-corrected chi connectivity index (χ3v) is 3.06. The average molecular weight is 272 g/mol. The zero-order valence-corrected chi connectivity index (χ0v) is 11.7. The standard InChI is InChI=1S/C16H16O4/c1-10(2)11-4-6-12(7-5-11)15(17)13-8-9-14(20-13)16(18)19-3/h4-10H,1-3H3. The molecule has 0 radical (unpaired) electrons. The van der Waals surface area contributed by atoms with Gasteiger partial charge in [0.15, 0.2) is 5.76 Å². The number of carbonyl (C=O) groups excluding carboxylic acids is 2. The number of hydrogen-bond donors (Lipinski definition) is 0. The van der Waals surface area contributed by atoms with Crippen molar-refractivity contribution in [3.63, 3.8) is 0 Å². The number of benzene rings is 1. The van der Waals surface area contributed by atoms with E-state index >= 15 is 0 Å². The van der Waals surface area contributed by atoms with Crippen molar-refractivity contribution in [2.24, 2.45) is 0 Å². The molecule has 0 aliphatic heterocycles. The van der Waals surface area contributed by atoms with Gasteiger partial charge < -0.3 is 9.15 Å². The smallest absolute Gasteiger partial charge is 0.373 e. The van der Waals surface area contributed by atoms with Gasteiger partial charge in [0.1, 0.15) is 0 Å². The zero-order valence-electron chi connectivity index (χ0n) is 11.7. The molecule has 0 amide bonds. The molecule has 0 atom stereocenters. The molecular weight excluding hydrogens is 256 g/mol. The fraction of sp³-hybridized carbons (Fsp3) is 0.250. The highest BCUT2D eigenvalue weighted by atomic mass is 16.5. The maximum Gasteiger partial charge on any atom is 0.373 e. The van der Waals surface area contributed by atoms with Gasteiger partial charge in [-0.2, -0.15) is 0 Å². The van der Waals surface area contributed by atoms with E-state index in [4.69, 9.17) is 4.42 Å². The van der Waals surface area contributed by atoms with E-state index in [0.717, 1.165) is 5.56 Å². The predicted molar refractivity (Wildman–Crippen MR) is 74.0 cm³/mol. The molecule has 0 aliphatic carbocycles. The molecule has 0 saturated heterocycles. The van der Waals surface area contributed by atoms with Gasteiger partial charge in [-0.05, 0) is 23.6 Å². The lowest BCUT2D eigenvalue weighted by molar-refractivity contribution is 0.0563. The molecule has 0 bridgehead atoms. The third kappa shape index (κ3) is 2.79. The van der Waals surface area contributed by atoms with Crippen molar-refractivity contribution in [3.05, 3.63) is 59.0 Å². The molecular formula is C16H16O4. The normalized spacial score (nSPS) is 10.6. The van der Waals surface area contributed by atoms with E-state index in [1.54, 1.807) is 12.1 Å². The van der Waals surface area contributed by atoms with Crippen LogP contribution in [0.3, 0.4) is 0 Å². The molecule has 0 fully saturated rings. The van der Waals surface area contributed by atoms with Crippen LogP contribution in [0.1, 0.15) is 52.0 Å². The first-order valence-corrected chi connectivity index (χ1v) is 6.35. The van der Waals surface area contributed by atoms with Crippen molar-refractivity contribution in [1.82, 2.24) is 0 Å². The number of rotatable bonds is 4. The summed E-state index contributed by atoms with van der Waals surface area (Å²) in [7, 11) is 1.26. The molecule has 0 unspecified atom stereocenters. The molecule has 2 aromatic rings. The summed E-state index contributed by atoms with van der Waals surface area (Å²) in [5.74, 6) is -0.291. The first-order valence-electron chi connectivity index (χ1n) is 6.35. The second-order valence-electron chi connectivity index (χ2n) is 4.76. The van der Waals surface area contributed by atoms with Crippen LogP contribution in [0.25, 0.3) is 0 Å². The third-order valence-electron chi connectivity index (χ3n) is 3.06. The largest absolute Gasteiger partial charge is 0.463 e. The van der Waals surface area contributed by atoms with E-state index < -0.39 is 5.97 Å². The Morgan fingerprint density at radius 1 is 1.00 bits per heavy atom. The molecule has 1 aromatic heterocycles. The highest BCUT2D eigenvalue weighted by molar-refractivity contribution is 6.07. The lowest BCUT2D eigenvalue weighted by Gasteiger charge is -2.05. The van der Waals surface area contributed by atoms with E-state index in [2.05, 4.69) is 18.6 Å². The predicted octanol–water partition coefficient (Wildman–Crippen LogP) is 3.42. The van der Waals surface area contributed by atoms with E-state index in [-0.39, 0.29) is 17.3 Å². The highest BCUT2D eigenvalue weighted by Gasteiger charge is 2.17. The fourth-order valence-electron chi connectivity index (χ4n) is 1.83.